The minimum atomic E-state index is -4.69. The topological polar surface area (TPSA) is 91.0 Å². The number of hydrogen-bond donors (Lipinski definition) is 2. The summed E-state index contributed by atoms with van der Waals surface area (Å²) in [5.74, 6) is -0.609. The second-order valence-corrected chi connectivity index (χ2v) is 5.51. The minimum Gasteiger partial charge on any atom is -0.416 e. The molecule has 142 valence electrons. The molecule has 0 radical (unpaired) electrons. The fourth-order valence-corrected chi connectivity index (χ4v) is 2.33. The van der Waals surface area contributed by atoms with Crippen LogP contribution in [0.4, 0.5) is 37.7 Å². The first-order chi connectivity index (χ1) is 12.5. The van der Waals surface area contributed by atoms with Gasteiger partial charge < -0.3 is 15.9 Å². The van der Waals surface area contributed by atoms with Crippen molar-refractivity contribution >= 4 is 11.4 Å². The van der Waals surface area contributed by atoms with Crippen molar-refractivity contribution in [3.8, 4) is 22.9 Å². The Bertz CT molecular complexity index is 915. The highest BCUT2D eigenvalue weighted by molar-refractivity contribution is 5.65. The van der Waals surface area contributed by atoms with Crippen LogP contribution in [-0.2, 0) is 12.4 Å². The van der Waals surface area contributed by atoms with Crippen LogP contribution in [0.2, 0.25) is 0 Å². The zero-order valence-corrected chi connectivity index (χ0v) is 13.2. The number of nitrogens with two attached hydrogens (primary N) is 2. The quantitative estimate of drug-likeness (QED) is 0.494. The number of hydrogen-bond acceptors (Lipinski definition) is 5. The number of benzene rings is 2. The maximum atomic E-state index is 12.9. The molecule has 0 atom stereocenters. The highest BCUT2D eigenvalue weighted by Crippen LogP contribution is 2.38. The van der Waals surface area contributed by atoms with Crippen LogP contribution in [0.15, 0.2) is 40.8 Å². The Morgan fingerprint density at radius 1 is 0.667 bits per heavy atom. The van der Waals surface area contributed by atoms with Crippen LogP contribution in [0.5, 0.6) is 0 Å². The molecule has 0 saturated heterocycles. The van der Waals surface area contributed by atoms with Gasteiger partial charge in [-0.05, 0) is 36.4 Å². The lowest BCUT2D eigenvalue weighted by atomic mass is 10.1. The largest absolute Gasteiger partial charge is 0.418 e. The molecule has 0 aliphatic rings. The first-order valence-corrected chi connectivity index (χ1v) is 7.24. The van der Waals surface area contributed by atoms with Gasteiger partial charge in [0.05, 0.1) is 11.1 Å². The maximum absolute atomic E-state index is 12.9. The Morgan fingerprint density at radius 2 is 1.04 bits per heavy atom. The van der Waals surface area contributed by atoms with E-state index in [1.807, 2.05) is 0 Å². The van der Waals surface area contributed by atoms with Gasteiger partial charge in [-0.3, -0.25) is 0 Å². The summed E-state index contributed by atoms with van der Waals surface area (Å²) in [5, 5.41) is 7.19. The van der Waals surface area contributed by atoms with Gasteiger partial charge >= 0.3 is 12.4 Å². The van der Waals surface area contributed by atoms with E-state index < -0.39 is 34.9 Å². The normalized spacial score (nSPS) is 12.4. The van der Waals surface area contributed by atoms with Crippen molar-refractivity contribution in [1.82, 2.24) is 10.2 Å². The molecule has 4 N–H and O–H groups in total. The Morgan fingerprint density at radius 3 is 1.37 bits per heavy atom. The lowest BCUT2D eigenvalue weighted by molar-refractivity contribution is -0.137. The molecule has 5 nitrogen and oxygen atoms in total. The third-order valence-electron chi connectivity index (χ3n) is 3.64. The highest BCUT2D eigenvalue weighted by atomic mass is 19.4. The molecule has 1 aromatic heterocycles. The zero-order valence-electron chi connectivity index (χ0n) is 13.2. The molecule has 0 bridgehead atoms. The van der Waals surface area contributed by atoms with Gasteiger partial charge in [0.2, 0.25) is 11.8 Å². The van der Waals surface area contributed by atoms with Gasteiger partial charge in [-0.2, -0.15) is 26.3 Å². The first-order valence-electron chi connectivity index (χ1n) is 7.24. The molecule has 27 heavy (non-hydrogen) atoms. The summed E-state index contributed by atoms with van der Waals surface area (Å²) in [6.45, 7) is 0. The summed E-state index contributed by atoms with van der Waals surface area (Å²) in [7, 11) is 0. The standard InChI is InChI=1S/C16H10F6N4O/c17-15(18,19)9-5-7(1-3-11(9)23)13-25-26-14(27-13)8-2-4-12(24)10(6-8)16(20,21)22/h1-6H,23-24H2. The number of halogens is 6. The van der Waals surface area contributed by atoms with E-state index >= 15 is 0 Å². The zero-order chi connectivity index (χ0) is 20.0. The maximum Gasteiger partial charge on any atom is 0.418 e. The Labute approximate surface area is 147 Å². The Balaban J connectivity index is 2.02. The van der Waals surface area contributed by atoms with Gasteiger partial charge in [-0.15, -0.1) is 10.2 Å². The van der Waals surface area contributed by atoms with Crippen molar-refractivity contribution in [2.75, 3.05) is 11.5 Å². The van der Waals surface area contributed by atoms with Gasteiger partial charge in [0.15, 0.2) is 0 Å². The Kier molecular flexibility index (Phi) is 4.25. The SMILES string of the molecule is Nc1ccc(-c2nnc(-c3ccc(N)c(C(F)(F)F)c3)o2)cc1C(F)(F)F. The summed E-state index contributed by atoms with van der Waals surface area (Å²) in [6, 6.07) is 5.94. The summed E-state index contributed by atoms with van der Waals surface area (Å²) >= 11 is 0. The van der Waals surface area contributed by atoms with E-state index in [-0.39, 0.29) is 22.9 Å². The second-order valence-electron chi connectivity index (χ2n) is 5.51. The van der Waals surface area contributed by atoms with E-state index in [1.54, 1.807) is 0 Å². The van der Waals surface area contributed by atoms with Crippen LogP contribution < -0.4 is 11.5 Å². The van der Waals surface area contributed by atoms with Crippen LogP contribution in [-0.4, -0.2) is 10.2 Å². The van der Waals surface area contributed by atoms with Crippen LogP contribution in [0.3, 0.4) is 0 Å². The highest BCUT2D eigenvalue weighted by Gasteiger charge is 2.34. The van der Waals surface area contributed by atoms with Crippen molar-refractivity contribution < 1.29 is 30.8 Å². The molecule has 0 fully saturated rings. The average Bonchev–Trinajstić information content (AvgIpc) is 3.03. The lowest BCUT2D eigenvalue weighted by Crippen LogP contribution is -2.08. The van der Waals surface area contributed by atoms with Crippen molar-refractivity contribution in [3.05, 3.63) is 47.5 Å². The predicted octanol–water partition coefficient (Wildman–Crippen LogP) is 4.61. The molecule has 2 aromatic carbocycles. The molecular formula is C16H10F6N4O. The monoisotopic (exact) mass is 388 g/mol. The van der Waals surface area contributed by atoms with Crippen molar-refractivity contribution in [2.24, 2.45) is 0 Å². The fourth-order valence-electron chi connectivity index (χ4n) is 2.33. The molecular weight excluding hydrogens is 378 g/mol. The molecule has 3 rings (SSSR count). The van der Waals surface area contributed by atoms with Gasteiger partial charge in [-0.25, -0.2) is 0 Å². The van der Waals surface area contributed by atoms with E-state index in [2.05, 4.69) is 10.2 Å². The number of alkyl halides is 6. The van der Waals surface area contributed by atoms with E-state index in [4.69, 9.17) is 15.9 Å². The summed E-state index contributed by atoms with van der Waals surface area (Å²) in [4.78, 5) is 0. The molecule has 0 aliphatic heterocycles. The number of nitrogens with zero attached hydrogens (tertiary/aromatic N) is 2. The van der Waals surface area contributed by atoms with Crippen molar-refractivity contribution in [3.63, 3.8) is 0 Å². The van der Waals surface area contributed by atoms with Gasteiger partial charge in [0.1, 0.15) is 0 Å². The number of aromatic nitrogens is 2. The molecule has 11 heteroatoms. The van der Waals surface area contributed by atoms with Crippen molar-refractivity contribution in [2.45, 2.75) is 12.4 Å². The number of anilines is 2. The molecule has 1 heterocycles. The summed E-state index contributed by atoms with van der Waals surface area (Å²) in [5.41, 5.74) is 7.31. The molecule has 3 aromatic rings. The third kappa shape index (κ3) is 3.66. The summed E-state index contributed by atoms with van der Waals surface area (Å²) in [6.07, 6.45) is -9.39. The van der Waals surface area contributed by atoms with Crippen LogP contribution in [0, 0.1) is 0 Å². The number of rotatable bonds is 2. The van der Waals surface area contributed by atoms with Crippen LogP contribution >= 0.6 is 0 Å². The van der Waals surface area contributed by atoms with Crippen LogP contribution in [0.25, 0.3) is 22.9 Å². The van der Waals surface area contributed by atoms with E-state index in [1.165, 1.54) is 12.1 Å². The molecule has 0 saturated carbocycles. The smallest absolute Gasteiger partial charge is 0.416 e. The van der Waals surface area contributed by atoms with E-state index in [9.17, 15) is 26.3 Å². The molecule has 0 spiro atoms. The number of nitrogen functional groups attached to an aromatic ring is 2. The molecule has 0 aliphatic carbocycles. The minimum absolute atomic E-state index is 0.0817. The Hall–Kier alpha value is -3.24. The predicted molar refractivity (Wildman–Crippen MR) is 84.0 cm³/mol. The van der Waals surface area contributed by atoms with Gasteiger partial charge in [0.25, 0.3) is 0 Å². The van der Waals surface area contributed by atoms with Crippen molar-refractivity contribution in [1.29, 1.82) is 0 Å². The third-order valence-corrected chi connectivity index (χ3v) is 3.64. The molecule has 0 unspecified atom stereocenters. The van der Waals surface area contributed by atoms with Gasteiger partial charge in [0, 0.05) is 22.5 Å². The summed E-state index contributed by atoms with van der Waals surface area (Å²) < 4.78 is 82.9. The van der Waals surface area contributed by atoms with Crippen LogP contribution in [0.1, 0.15) is 11.1 Å². The van der Waals surface area contributed by atoms with Gasteiger partial charge in [-0.1, -0.05) is 0 Å². The first kappa shape index (κ1) is 18.5. The lowest BCUT2D eigenvalue weighted by Gasteiger charge is -2.10. The molecule has 0 amide bonds. The average molecular weight is 388 g/mol. The second kappa shape index (κ2) is 6.18. The van der Waals surface area contributed by atoms with E-state index in [0.717, 1.165) is 24.3 Å². The fraction of sp³-hybridized carbons (Fsp3) is 0.125. The van der Waals surface area contributed by atoms with E-state index in [0.29, 0.717) is 0 Å².